The van der Waals surface area contributed by atoms with E-state index in [4.69, 9.17) is 4.74 Å². The van der Waals surface area contributed by atoms with Gasteiger partial charge in [0.15, 0.2) is 5.78 Å². The summed E-state index contributed by atoms with van der Waals surface area (Å²) < 4.78 is 5.32. The Morgan fingerprint density at radius 2 is 1.89 bits per heavy atom. The van der Waals surface area contributed by atoms with Crippen molar-refractivity contribution in [3.63, 3.8) is 0 Å². The number of rotatable bonds is 4. The third-order valence-corrected chi connectivity index (χ3v) is 5.19. The van der Waals surface area contributed by atoms with Crippen LogP contribution in [-0.2, 0) is 14.3 Å². The highest BCUT2D eigenvalue weighted by atomic mass is 16.5. The predicted octanol–water partition coefficient (Wildman–Crippen LogP) is 4.98. The summed E-state index contributed by atoms with van der Waals surface area (Å²) in [4.78, 5) is 25.3. The van der Waals surface area contributed by atoms with E-state index in [1.54, 1.807) is 13.0 Å². The fourth-order valence-electron chi connectivity index (χ4n) is 3.77. The van der Waals surface area contributed by atoms with Crippen LogP contribution in [0.15, 0.2) is 66.3 Å². The van der Waals surface area contributed by atoms with Crippen LogP contribution in [0.3, 0.4) is 0 Å². The van der Waals surface area contributed by atoms with Crippen LogP contribution >= 0.6 is 0 Å². The van der Waals surface area contributed by atoms with E-state index in [-0.39, 0.29) is 24.1 Å². The maximum Gasteiger partial charge on any atom is 0.310 e. The molecule has 2 unspecified atom stereocenters. The van der Waals surface area contributed by atoms with Gasteiger partial charge in [-0.2, -0.15) is 0 Å². The number of benzene rings is 1. The van der Waals surface area contributed by atoms with Gasteiger partial charge in [0.25, 0.3) is 0 Å². The molecule has 3 nitrogen and oxygen atoms in total. The number of carbonyl (C=O) groups is 2. The van der Waals surface area contributed by atoms with Gasteiger partial charge >= 0.3 is 5.97 Å². The Kier molecular flexibility index (Phi) is 6.23. The first-order chi connectivity index (χ1) is 13.1. The van der Waals surface area contributed by atoms with Gasteiger partial charge in [0.1, 0.15) is 0 Å². The van der Waals surface area contributed by atoms with Crippen LogP contribution in [-0.4, -0.2) is 18.4 Å². The Balaban J connectivity index is 1.98. The number of hydrogen-bond donors (Lipinski definition) is 0. The molecule has 1 aromatic rings. The number of carbonyl (C=O) groups excluding carboxylic acids is 2. The van der Waals surface area contributed by atoms with E-state index in [2.05, 4.69) is 36.4 Å². The lowest BCUT2D eigenvalue weighted by molar-refractivity contribution is -0.150. The zero-order valence-corrected chi connectivity index (χ0v) is 16.0. The minimum absolute atomic E-state index is 0.00793. The molecule has 0 bridgehead atoms. The molecule has 0 spiro atoms. The van der Waals surface area contributed by atoms with Gasteiger partial charge in [-0.15, -0.1) is 0 Å². The zero-order chi connectivity index (χ0) is 19.2. The van der Waals surface area contributed by atoms with E-state index in [0.717, 1.165) is 17.6 Å². The smallest absolute Gasteiger partial charge is 0.310 e. The fourth-order valence-corrected chi connectivity index (χ4v) is 3.77. The Morgan fingerprint density at radius 1 is 1.11 bits per heavy atom. The van der Waals surface area contributed by atoms with Crippen LogP contribution in [0.5, 0.6) is 0 Å². The van der Waals surface area contributed by atoms with E-state index in [1.165, 1.54) is 11.1 Å². The van der Waals surface area contributed by atoms with E-state index in [9.17, 15) is 9.59 Å². The van der Waals surface area contributed by atoms with Crippen molar-refractivity contribution in [2.45, 2.75) is 33.1 Å². The summed E-state index contributed by atoms with van der Waals surface area (Å²) >= 11 is 0. The van der Waals surface area contributed by atoms with Crippen LogP contribution in [0.2, 0.25) is 0 Å². The molecule has 0 amide bonds. The van der Waals surface area contributed by atoms with Crippen molar-refractivity contribution in [1.82, 2.24) is 0 Å². The topological polar surface area (TPSA) is 43.4 Å². The lowest BCUT2D eigenvalue weighted by Crippen LogP contribution is -2.28. The van der Waals surface area contributed by atoms with Gasteiger partial charge in [-0.25, -0.2) is 0 Å². The molecular weight excluding hydrogens is 336 g/mol. The SMILES string of the molecule is CCOC(=O)C1CC(=O)C=C(c2ccc(C)cc2)CC1C1=CC=CC=CC1. The quantitative estimate of drug-likeness (QED) is 0.710. The van der Waals surface area contributed by atoms with E-state index < -0.39 is 5.92 Å². The van der Waals surface area contributed by atoms with Crippen LogP contribution < -0.4 is 0 Å². The summed E-state index contributed by atoms with van der Waals surface area (Å²) in [5.74, 6) is -0.766. The molecule has 1 aromatic carbocycles. The first-order valence-electron chi connectivity index (χ1n) is 9.57. The molecule has 2 aliphatic carbocycles. The van der Waals surface area contributed by atoms with Gasteiger partial charge in [-0.1, -0.05) is 65.8 Å². The maximum atomic E-state index is 12.7. The van der Waals surface area contributed by atoms with Crippen molar-refractivity contribution in [3.05, 3.63) is 77.4 Å². The van der Waals surface area contributed by atoms with E-state index in [0.29, 0.717) is 13.0 Å². The molecule has 27 heavy (non-hydrogen) atoms. The zero-order valence-electron chi connectivity index (χ0n) is 16.0. The summed E-state index contributed by atoms with van der Waals surface area (Å²) in [5, 5.41) is 0. The van der Waals surface area contributed by atoms with Crippen molar-refractivity contribution in [3.8, 4) is 0 Å². The first kappa shape index (κ1) is 19.1. The third-order valence-electron chi connectivity index (χ3n) is 5.19. The molecule has 0 aromatic heterocycles. The van der Waals surface area contributed by atoms with E-state index >= 15 is 0 Å². The monoisotopic (exact) mass is 362 g/mol. The second kappa shape index (κ2) is 8.81. The molecule has 3 rings (SSSR count). The Hall–Kier alpha value is -2.68. The molecular formula is C24H26O3. The maximum absolute atomic E-state index is 12.7. The number of esters is 1. The van der Waals surface area contributed by atoms with Gasteiger partial charge in [-0.05, 0) is 49.8 Å². The highest BCUT2D eigenvalue weighted by molar-refractivity contribution is 5.99. The largest absolute Gasteiger partial charge is 0.466 e. The Labute approximate surface area is 161 Å². The van der Waals surface area contributed by atoms with Crippen LogP contribution in [0.1, 0.15) is 37.3 Å². The summed E-state index contributed by atoms with van der Waals surface area (Å²) in [6.07, 6.45) is 13.5. The van der Waals surface area contributed by atoms with Gasteiger partial charge < -0.3 is 4.74 Å². The number of allylic oxidation sites excluding steroid dienone is 8. The van der Waals surface area contributed by atoms with E-state index in [1.807, 2.05) is 25.2 Å². The van der Waals surface area contributed by atoms with Gasteiger partial charge in [0.05, 0.1) is 12.5 Å². The minimum atomic E-state index is -0.442. The number of ketones is 1. The van der Waals surface area contributed by atoms with Crippen LogP contribution in [0.4, 0.5) is 0 Å². The van der Waals surface area contributed by atoms with Crippen LogP contribution in [0.25, 0.3) is 5.57 Å². The minimum Gasteiger partial charge on any atom is -0.466 e. The average molecular weight is 362 g/mol. The molecule has 0 heterocycles. The molecule has 0 saturated heterocycles. The summed E-state index contributed by atoms with van der Waals surface area (Å²) in [5.41, 5.74) is 4.39. The molecule has 2 aliphatic rings. The standard InChI is InChI=1S/C24H26O3/c1-3-27-24(26)23-16-21(25)14-20(18-12-10-17(2)11-13-18)15-22(23)19-8-6-4-5-7-9-19/h4-8,10-14,22-23H,3,9,15-16H2,1-2H3. The molecule has 2 atom stereocenters. The summed E-state index contributed by atoms with van der Waals surface area (Å²) in [6, 6.07) is 8.22. The molecule has 140 valence electrons. The van der Waals surface area contributed by atoms with Crippen molar-refractivity contribution >= 4 is 17.3 Å². The third kappa shape index (κ3) is 4.73. The summed E-state index contributed by atoms with van der Waals surface area (Å²) in [7, 11) is 0. The highest BCUT2D eigenvalue weighted by Crippen LogP contribution is 2.39. The van der Waals surface area contributed by atoms with Gasteiger partial charge in [0, 0.05) is 6.42 Å². The average Bonchev–Trinajstić information content (AvgIpc) is 3.01. The Morgan fingerprint density at radius 3 is 2.63 bits per heavy atom. The molecule has 0 radical (unpaired) electrons. The van der Waals surface area contributed by atoms with Crippen molar-refractivity contribution < 1.29 is 14.3 Å². The lowest BCUT2D eigenvalue weighted by atomic mass is 9.78. The van der Waals surface area contributed by atoms with Crippen molar-refractivity contribution in [2.75, 3.05) is 6.61 Å². The molecule has 3 heteroatoms. The number of hydrogen-bond acceptors (Lipinski definition) is 3. The molecule has 0 fully saturated rings. The fraction of sp³-hybridized carbons (Fsp3) is 0.333. The summed E-state index contributed by atoms with van der Waals surface area (Å²) in [6.45, 7) is 4.18. The molecule has 0 N–H and O–H groups in total. The normalized spacial score (nSPS) is 22.5. The second-order valence-electron chi connectivity index (χ2n) is 7.13. The first-order valence-corrected chi connectivity index (χ1v) is 9.57. The molecule has 0 aliphatic heterocycles. The number of ether oxygens (including phenoxy) is 1. The second-order valence-corrected chi connectivity index (χ2v) is 7.13. The molecule has 0 saturated carbocycles. The van der Waals surface area contributed by atoms with Gasteiger partial charge in [0.2, 0.25) is 0 Å². The van der Waals surface area contributed by atoms with Crippen molar-refractivity contribution in [2.24, 2.45) is 11.8 Å². The lowest BCUT2D eigenvalue weighted by Gasteiger charge is -2.26. The van der Waals surface area contributed by atoms with Gasteiger partial charge in [-0.3, -0.25) is 9.59 Å². The highest BCUT2D eigenvalue weighted by Gasteiger charge is 2.36. The Bertz CT molecular complexity index is 822. The van der Waals surface area contributed by atoms with Crippen molar-refractivity contribution in [1.29, 1.82) is 0 Å². The van der Waals surface area contributed by atoms with Crippen LogP contribution in [0, 0.1) is 18.8 Å². The number of aryl methyl sites for hydroxylation is 1. The predicted molar refractivity (Wildman–Crippen MR) is 108 cm³/mol.